The number of rotatable bonds is 5. The highest BCUT2D eigenvalue weighted by atomic mass is 16.4. The van der Waals surface area contributed by atoms with Crippen molar-refractivity contribution in [3.05, 3.63) is 0 Å². The van der Waals surface area contributed by atoms with Gasteiger partial charge in [-0.25, -0.2) is 4.79 Å². The summed E-state index contributed by atoms with van der Waals surface area (Å²) in [5.41, 5.74) is -1.03. The monoisotopic (exact) mass is 296 g/mol. The fourth-order valence-corrected chi connectivity index (χ4v) is 3.72. The van der Waals surface area contributed by atoms with Gasteiger partial charge in [0.2, 0.25) is 5.91 Å². The van der Waals surface area contributed by atoms with Crippen LogP contribution in [0.25, 0.3) is 0 Å². The molecule has 0 bridgehead atoms. The number of hydrogen-bond acceptors (Lipinski definition) is 3. The molecule has 1 aliphatic heterocycles. The van der Waals surface area contributed by atoms with Crippen molar-refractivity contribution >= 4 is 11.9 Å². The van der Waals surface area contributed by atoms with Crippen LogP contribution in [0.3, 0.4) is 0 Å². The molecule has 3 N–H and O–H groups in total. The van der Waals surface area contributed by atoms with Crippen molar-refractivity contribution in [1.29, 1.82) is 0 Å². The first-order valence-electron chi connectivity index (χ1n) is 8.30. The number of amides is 1. The van der Waals surface area contributed by atoms with Gasteiger partial charge in [-0.3, -0.25) is 4.79 Å². The molecule has 2 rings (SSSR count). The van der Waals surface area contributed by atoms with Crippen molar-refractivity contribution in [2.24, 2.45) is 5.92 Å². The van der Waals surface area contributed by atoms with Crippen molar-refractivity contribution in [3.63, 3.8) is 0 Å². The molecule has 2 aliphatic rings. The summed E-state index contributed by atoms with van der Waals surface area (Å²) in [4.78, 5) is 23.8. The van der Waals surface area contributed by atoms with Gasteiger partial charge in [0.1, 0.15) is 5.54 Å². The Bertz CT molecular complexity index is 380. The van der Waals surface area contributed by atoms with Gasteiger partial charge in [-0.15, -0.1) is 0 Å². The van der Waals surface area contributed by atoms with Gasteiger partial charge < -0.3 is 15.7 Å². The van der Waals surface area contributed by atoms with E-state index in [2.05, 4.69) is 17.6 Å². The van der Waals surface area contributed by atoms with Crippen LogP contribution in [-0.4, -0.2) is 35.1 Å². The lowest BCUT2D eigenvalue weighted by Crippen LogP contribution is -2.56. The van der Waals surface area contributed by atoms with E-state index in [1.165, 1.54) is 12.8 Å². The minimum absolute atomic E-state index is 0.112. The fourth-order valence-electron chi connectivity index (χ4n) is 3.72. The second-order valence-corrected chi connectivity index (χ2v) is 6.82. The largest absolute Gasteiger partial charge is 0.480 e. The molecule has 1 saturated carbocycles. The zero-order valence-corrected chi connectivity index (χ0v) is 13.0. The summed E-state index contributed by atoms with van der Waals surface area (Å²) in [7, 11) is 0. The van der Waals surface area contributed by atoms with Crippen LogP contribution < -0.4 is 10.6 Å². The Balaban J connectivity index is 1.84. The maximum absolute atomic E-state index is 12.2. The highest BCUT2D eigenvalue weighted by molar-refractivity contribution is 5.87. The summed E-state index contributed by atoms with van der Waals surface area (Å²) in [6.07, 6.45) is 7.80. The van der Waals surface area contributed by atoms with Crippen LogP contribution in [-0.2, 0) is 9.59 Å². The minimum atomic E-state index is -1.03. The maximum Gasteiger partial charge on any atom is 0.329 e. The first-order valence-corrected chi connectivity index (χ1v) is 8.30. The van der Waals surface area contributed by atoms with Gasteiger partial charge in [0, 0.05) is 12.5 Å². The van der Waals surface area contributed by atoms with Crippen molar-refractivity contribution in [2.45, 2.75) is 76.3 Å². The summed E-state index contributed by atoms with van der Waals surface area (Å²) in [5, 5.41) is 15.8. The molecule has 0 aromatic rings. The summed E-state index contributed by atoms with van der Waals surface area (Å²) >= 11 is 0. The summed E-state index contributed by atoms with van der Waals surface area (Å²) in [6.45, 7) is 3.10. The number of carboxylic acids is 1. The van der Waals surface area contributed by atoms with Gasteiger partial charge in [0.05, 0.1) is 0 Å². The molecule has 120 valence electrons. The standard InChI is InChI=1S/C16H28N2O3/c1-12-5-4-9-16(11-12,15(20)21)18-14(19)8-7-13-6-2-3-10-17-13/h12-13,17H,2-11H2,1H3,(H,18,19)(H,20,21). The van der Waals surface area contributed by atoms with Crippen LogP contribution in [0.2, 0.25) is 0 Å². The van der Waals surface area contributed by atoms with Gasteiger partial charge >= 0.3 is 5.97 Å². The number of carbonyl (C=O) groups excluding carboxylic acids is 1. The van der Waals surface area contributed by atoms with Crippen molar-refractivity contribution in [1.82, 2.24) is 10.6 Å². The van der Waals surface area contributed by atoms with Crippen molar-refractivity contribution in [2.75, 3.05) is 6.54 Å². The Labute approximate surface area is 126 Å². The fraction of sp³-hybridized carbons (Fsp3) is 0.875. The van der Waals surface area contributed by atoms with Crippen LogP contribution in [0, 0.1) is 5.92 Å². The van der Waals surface area contributed by atoms with Crippen LogP contribution in [0.1, 0.15) is 64.7 Å². The van der Waals surface area contributed by atoms with Gasteiger partial charge in [-0.05, 0) is 44.6 Å². The van der Waals surface area contributed by atoms with E-state index in [0.29, 0.717) is 31.2 Å². The SMILES string of the molecule is CC1CCCC(NC(=O)CCC2CCCCN2)(C(=O)O)C1. The van der Waals surface area contributed by atoms with Crippen molar-refractivity contribution in [3.8, 4) is 0 Å². The summed E-state index contributed by atoms with van der Waals surface area (Å²) in [6, 6.07) is 0.413. The lowest BCUT2D eigenvalue weighted by molar-refractivity contribution is -0.150. The predicted octanol–water partition coefficient (Wildman–Crippen LogP) is 2.06. The lowest BCUT2D eigenvalue weighted by Gasteiger charge is -2.37. The van der Waals surface area contributed by atoms with Crippen LogP contribution in [0.5, 0.6) is 0 Å². The molecule has 0 aromatic carbocycles. The Morgan fingerprint density at radius 1 is 1.29 bits per heavy atom. The lowest BCUT2D eigenvalue weighted by atomic mass is 9.76. The highest BCUT2D eigenvalue weighted by Crippen LogP contribution is 2.32. The third-order valence-electron chi connectivity index (χ3n) is 4.92. The number of carboxylic acid groups (broad SMARTS) is 1. The van der Waals surface area contributed by atoms with E-state index < -0.39 is 11.5 Å². The highest BCUT2D eigenvalue weighted by Gasteiger charge is 2.43. The summed E-state index contributed by atoms with van der Waals surface area (Å²) < 4.78 is 0. The van der Waals surface area contributed by atoms with E-state index in [1.807, 2.05) is 0 Å². The molecule has 0 spiro atoms. The summed E-state index contributed by atoms with van der Waals surface area (Å²) in [5.74, 6) is -0.632. The van der Waals surface area contributed by atoms with Gasteiger partial charge in [0.25, 0.3) is 0 Å². The Kier molecular flexibility index (Phi) is 5.62. The first kappa shape index (κ1) is 16.3. The number of hydrogen-bond donors (Lipinski definition) is 3. The second-order valence-electron chi connectivity index (χ2n) is 6.82. The Morgan fingerprint density at radius 2 is 2.10 bits per heavy atom. The van der Waals surface area contributed by atoms with Crippen LogP contribution in [0.15, 0.2) is 0 Å². The molecule has 1 saturated heterocycles. The molecular weight excluding hydrogens is 268 g/mol. The molecule has 21 heavy (non-hydrogen) atoms. The zero-order valence-electron chi connectivity index (χ0n) is 13.0. The molecule has 3 unspecified atom stereocenters. The van der Waals surface area contributed by atoms with Crippen molar-refractivity contribution < 1.29 is 14.7 Å². The molecule has 1 aliphatic carbocycles. The maximum atomic E-state index is 12.2. The molecule has 5 heteroatoms. The topological polar surface area (TPSA) is 78.4 Å². The Hall–Kier alpha value is -1.10. The molecule has 0 aromatic heterocycles. The van der Waals surface area contributed by atoms with E-state index in [9.17, 15) is 14.7 Å². The average molecular weight is 296 g/mol. The van der Waals surface area contributed by atoms with E-state index in [4.69, 9.17) is 0 Å². The Morgan fingerprint density at radius 3 is 2.71 bits per heavy atom. The molecule has 0 radical (unpaired) electrons. The van der Waals surface area contributed by atoms with Crippen LogP contribution in [0.4, 0.5) is 0 Å². The van der Waals surface area contributed by atoms with Crippen LogP contribution >= 0.6 is 0 Å². The quantitative estimate of drug-likeness (QED) is 0.725. The molecule has 5 nitrogen and oxygen atoms in total. The third kappa shape index (κ3) is 4.43. The van der Waals surface area contributed by atoms with Gasteiger partial charge in [-0.2, -0.15) is 0 Å². The number of aliphatic carboxylic acids is 1. The van der Waals surface area contributed by atoms with E-state index in [-0.39, 0.29) is 5.91 Å². The van der Waals surface area contributed by atoms with E-state index >= 15 is 0 Å². The zero-order chi connectivity index (χ0) is 15.3. The molecular formula is C16H28N2O3. The third-order valence-corrected chi connectivity index (χ3v) is 4.92. The molecule has 2 fully saturated rings. The first-order chi connectivity index (χ1) is 10.0. The molecule has 3 atom stereocenters. The number of carbonyl (C=O) groups is 2. The smallest absolute Gasteiger partial charge is 0.329 e. The predicted molar refractivity (Wildman–Crippen MR) is 81.0 cm³/mol. The van der Waals surface area contributed by atoms with E-state index in [1.54, 1.807) is 0 Å². The molecule has 1 amide bonds. The van der Waals surface area contributed by atoms with Gasteiger partial charge in [0.15, 0.2) is 0 Å². The van der Waals surface area contributed by atoms with Gasteiger partial charge in [-0.1, -0.05) is 26.2 Å². The molecule has 1 heterocycles. The average Bonchev–Trinajstić information content (AvgIpc) is 2.46. The normalized spacial score (nSPS) is 33.4. The number of piperidine rings is 1. The second kappa shape index (κ2) is 7.25. The number of nitrogens with one attached hydrogen (secondary N) is 2. The van der Waals surface area contributed by atoms with E-state index in [0.717, 1.165) is 32.2 Å². The minimum Gasteiger partial charge on any atom is -0.480 e.